The maximum absolute atomic E-state index is 8.76. The van der Waals surface area contributed by atoms with Gasteiger partial charge in [0, 0.05) is 17.7 Å². The van der Waals surface area contributed by atoms with Crippen molar-refractivity contribution in [3.05, 3.63) is 22.7 Å². The van der Waals surface area contributed by atoms with Gasteiger partial charge in [0.1, 0.15) is 13.2 Å². The molecule has 2 rings (SSSR count). The van der Waals surface area contributed by atoms with E-state index in [-0.39, 0.29) is 6.61 Å². The second-order valence-corrected chi connectivity index (χ2v) is 3.82. The molecule has 3 nitrogen and oxygen atoms in total. The largest absolute Gasteiger partial charge is 0.486 e. The summed E-state index contributed by atoms with van der Waals surface area (Å²) < 4.78 is 10.9. The van der Waals surface area contributed by atoms with Gasteiger partial charge in [-0.25, -0.2) is 0 Å². The van der Waals surface area contributed by atoms with Crippen LogP contribution in [0.2, 0.25) is 5.02 Å². The Morgan fingerprint density at radius 2 is 1.87 bits per heavy atom. The van der Waals surface area contributed by atoms with E-state index in [4.69, 9.17) is 26.2 Å². The summed E-state index contributed by atoms with van der Waals surface area (Å²) in [5.74, 6) is 1.46. The van der Waals surface area contributed by atoms with Crippen molar-refractivity contribution in [2.24, 2.45) is 0 Å². The maximum atomic E-state index is 8.76. The topological polar surface area (TPSA) is 38.7 Å². The molecule has 0 bridgehead atoms. The highest BCUT2D eigenvalue weighted by molar-refractivity contribution is 6.31. The van der Waals surface area contributed by atoms with Crippen LogP contribution >= 0.6 is 11.6 Å². The number of aryl methyl sites for hydroxylation is 1. The lowest BCUT2D eigenvalue weighted by atomic mass is 10.1. The van der Waals surface area contributed by atoms with E-state index in [9.17, 15) is 0 Å². The standard InChI is InChI=1S/C11H13ClO3/c12-9-7-11-10(14-4-5-15-11)6-8(9)2-1-3-13/h6-7,13H,1-5H2. The van der Waals surface area contributed by atoms with Gasteiger partial charge in [-0.05, 0) is 24.5 Å². The summed E-state index contributed by atoms with van der Waals surface area (Å²) in [5.41, 5.74) is 0.995. The molecule has 0 spiro atoms. The molecule has 0 saturated carbocycles. The molecule has 0 aromatic heterocycles. The normalized spacial score (nSPS) is 14.0. The van der Waals surface area contributed by atoms with Crippen LogP contribution in [0.15, 0.2) is 12.1 Å². The van der Waals surface area contributed by atoms with Gasteiger partial charge in [0.05, 0.1) is 0 Å². The zero-order valence-corrected chi connectivity index (χ0v) is 9.09. The zero-order valence-electron chi connectivity index (χ0n) is 8.33. The van der Waals surface area contributed by atoms with E-state index >= 15 is 0 Å². The predicted molar refractivity (Wildman–Crippen MR) is 57.8 cm³/mol. The lowest BCUT2D eigenvalue weighted by Crippen LogP contribution is -2.15. The van der Waals surface area contributed by atoms with E-state index in [0.717, 1.165) is 17.7 Å². The minimum Gasteiger partial charge on any atom is -0.486 e. The van der Waals surface area contributed by atoms with Crippen LogP contribution in [0.3, 0.4) is 0 Å². The summed E-state index contributed by atoms with van der Waals surface area (Å²) in [5, 5.41) is 9.43. The lowest BCUT2D eigenvalue weighted by Gasteiger charge is -2.19. The molecule has 0 radical (unpaired) electrons. The minimum atomic E-state index is 0.171. The summed E-state index contributed by atoms with van der Waals surface area (Å²) in [7, 11) is 0. The number of hydrogen-bond donors (Lipinski definition) is 1. The SMILES string of the molecule is OCCCc1cc2c(cc1Cl)OCCO2. The Bertz CT molecular complexity index is 352. The van der Waals surface area contributed by atoms with Crippen LogP contribution < -0.4 is 9.47 Å². The molecule has 0 fully saturated rings. The molecule has 0 saturated heterocycles. The van der Waals surface area contributed by atoms with Crippen molar-refractivity contribution in [1.82, 2.24) is 0 Å². The van der Waals surface area contributed by atoms with E-state index in [0.29, 0.717) is 30.4 Å². The molecule has 15 heavy (non-hydrogen) atoms. The fraction of sp³-hybridized carbons (Fsp3) is 0.455. The Morgan fingerprint density at radius 3 is 2.53 bits per heavy atom. The van der Waals surface area contributed by atoms with Gasteiger partial charge < -0.3 is 14.6 Å². The predicted octanol–water partition coefficient (Wildman–Crippen LogP) is 2.04. The molecule has 1 aliphatic heterocycles. The molecule has 82 valence electrons. The van der Waals surface area contributed by atoms with Gasteiger partial charge in [-0.2, -0.15) is 0 Å². The maximum Gasteiger partial charge on any atom is 0.162 e. The van der Waals surface area contributed by atoms with Gasteiger partial charge in [-0.1, -0.05) is 11.6 Å². The van der Waals surface area contributed by atoms with E-state index in [1.165, 1.54) is 0 Å². The molecular formula is C11H13ClO3. The molecule has 0 atom stereocenters. The van der Waals surface area contributed by atoms with Gasteiger partial charge in [-0.15, -0.1) is 0 Å². The average molecular weight is 229 g/mol. The number of ether oxygens (including phenoxy) is 2. The Balaban J connectivity index is 2.24. The number of aliphatic hydroxyl groups is 1. The van der Waals surface area contributed by atoms with Crippen molar-refractivity contribution in [3.8, 4) is 11.5 Å². The summed E-state index contributed by atoms with van der Waals surface area (Å²) in [6.07, 6.45) is 1.46. The van der Waals surface area contributed by atoms with Crippen molar-refractivity contribution in [2.45, 2.75) is 12.8 Å². The van der Waals surface area contributed by atoms with Gasteiger partial charge in [0.25, 0.3) is 0 Å². The van der Waals surface area contributed by atoms with E-state index < -0.39 is 0 Å². The highest BCUT2D eigenvalue weighted by atomic mass is 35.5. The van der Waals surface area contributed by atoms with Gasteiger partial charge in [-0.3, -0.25) is 0 Å². The Kier molecular flexibility index (Phi) is 3.34. The highest BCUT2D eigenvalue weighted by Gasteiger charge is 2.14. The first-order chi connectivity index (χ1) is 7.31. The molecule has 1 aromatic rings. The van der Waals surface area contributed by atoms with Crippen LogP contribution in [0.25, 0.3) is 0 Å². The van der Waals surface area contributed by atoms with Crippen LogP contribution in [-0.2, 0) is 6.42 Å². The third kappa shape index (κ3) is 2.36. The molecule has 1 aromatic carbocycles. The van der Waals surface area contributed by atoms with Crippen molar-refractivity contribution in [3.63, 3.8) is 0 Å². The number of aliphatic hydroxyl groups excluding tert-OH is 1. The highest BCUT2D eigenvalue weighted by Crippen LogP contribution is 2.35. The molecule has 1 N–H and O–H groups in total. The third-order valence-electron chi connectivity index (χ3n) is 2.32. The second kappa shape index (κ2) is 4.73. The van der Waals surface area contributed by atoms with Gasteiger partial charge >= 0.3 is 0 Å². The van der Waals surface area contributed by atoms with Crippen LogP contribution in [0.4, 0.5) is 0 Å². The fourth-order valence-corrected chi connectivity index (χ4v) is 1.82. The lowest BCUT2D eigenvalue weighted by molar-refractivity contribution is 0.171. The van der Waals surface area contributed by atoms with E-state index in [1.807, 2.05) is 6.07 Å². The molecule has 1 heterocycles. The molecule has 0 aliphatic carbocycles. The monoisotopic (exact) mass is 228 g/mol. The molecule has 4 heteroatoms. The second-order valence-electron chi connectivity index (χ2n) is 3.41. The van der Waals surface area contributed by atoms with E-state index in [1.54, 1.807) is 6.07 Å². The first-order valence-electron chi connectivity index (χ1n) is 5.00. The van der Waals surface area contributed by atoms with Gasteiger partial charge in [0.2, 0.25) is 0 Å². The van der Waals surface area contributed by atoms with Crippen molar-refractivity contribution in [1.29, 1.82) is 0 Å². The van der Waals surface area contributed by atoms with Crippen LogP contribution in [0, 0.1) is 0 Å². The van der Waals surface area contributed by atoms with Crippen LogP contribution in [0.1, 0.15) is 12.0 Å². The smallest absolute Gasteiger partial charge is 0.162 e. The van der Waals surface area contributed by atoms with Crippen LogP contribution in [-0.4, -0.2) is 24.9 Å². The summed E-state index contributed by atoms with van der Waals surface area (Å²) in [6.45, 7) is 1.32. The Morgan fingerprint density at radius 1 is 1.20 bits per heavy atom. The summed E-state index contributed by atoms with van der Waals surface area (Å²) in [6, 6.07) is 3.68. The Labute approximate surface area is 93.6 Å². The minimum absolute atomic E-state index is 0.171. The number of hydrogen-bond acceptors (Lipinski definition) is 3. The quantitative estimate of drug-likeness (QED) is 0.861. The first-order valence-corrected chi connectivity index (χ1v) is 5.38. The molecule has 1 aliphatic rings. The summed E-state index contributed by atoms with van der Waals surface area (Å²) in [4.78, 5) is 0. The molecule has 0 unspecified atom stereocenters. The fourth-order valence-electron chi connectivity index (χ4n) is 1.57. The number of benzene rings is 1. The van der Waals surface area contributed by atoms with Crippen LogP contribution in [0.5, 0.6) is 11.5 Å². The first kappa shape index (κ1) is 10.6. The van der Waals surface area contributed by atoms with Gasteiger partial charge in [0.15, 0.2) is 11.5 Å². The molecule has 0 amide bonds. The third-order valence-corrected chi connectivity index (χ3v) is 2.67. The summed E-state index contributed by atoms with van der Waals surface area (Å²) >= 11 is 6.08. The van der Waals surface area contributed by atoms with Crippen molar-refractivity contribution >= 4 is 11.6 Å². The zero-order chi connectivity index (χ0) is 10.7. The van der Waals surface area contributed by atoms with E-state index in [2.05, 4.69) is 0 Å². The number of fused-ring (bicyclic) bond motifs is 1. The van der Waals surface area contributed by atoms with Crippen molar-refractivity contribution < 1.29 is 14.6 Å². The average Bonchev–Trinajstić information content (AvgIpc) is 2.26. The molecular weight excluding hydrogens is 216 g/mol. The Hall–Kier alpha value is -0.930. The van der Waals surface area contributed by atoms with Crippen molar-refractivity contribution in [2.75, 3.05) is 19.8 Å². The number of halogens is 1. The number of rotatable bonds is 3.